The van der Waals surface area contributed by atoms with Gasteiger partial charge in [-0.2, -0.15) is 13.2 Å². The minimum Gasteiger partial charge on any atom is -0.364 e. The van der Waals surface area contributed by atoms with Gasteiger partial charge in [0.05, 0.1) is 16.6 Å². The van der Waals surface area contributed by atoms with Gasteiger partial charge in [0.25, 0.3) is 0 Å². The minimum atomic E-state index is -4.37. The molecule has 0 spiro atoms. The van der Waals surface area contributed by atoms with Crippen LogP contribution in [0.25, 0.3) is 22.6 Å². The lowest BCUT2D eigenvalue weighted by molar-refractivity contribution is -0.137. The quantitative estimate of drug-likeness (QED) is 0.724. The van der Waals surface area contributed by atoms with E-state index in [1.807, 2.05) is 0 Å². The average Bonchev–Trinajstić information content (AvgIpc) is 2.95. The van der Waals surface area contributed by atoms with Crippen LogP contribution in [0.1, 0.15) is 5.56 Å². The van der Waals surface area contributed by atoms with Gasteiger partial charge in [-0.05, 0) is 18.2 Å². The molecule has 0 aliphatic rings. The van der Waals surface area contributed by atoms with Crippen LogP contribution in [0.15, 0.2) is 35.1 Å². The number of aromatic nitrogens is 3. The molecule has 0 radical (unpaired) electrons. The zero-order valence-electron chi connectivity index (χ0n) is 8.82. The van der Waals surface area contributed by atoms with E-state index in [0.717, 1.165) is 12.1 Å². The van der Waals surface area contributed by atoms with E-state index in [-0.39, 0.29) is 0 Å². The molecule has 0 aliphatic heterocycles. The molecular weight excluding hydrogens is 247 g/mol. The SMILES string of the molecule is FC(F)(F)c1ccc2nc(-c3ccon3)[nH]c2c1. The number of nitrogens with one attached hydrogen (secondary N) is 1. The number of halogens is 3. The van der Waals surface area contributed by atoms with E-state index in [0.29, 0.717) is 22.6 Å². The average molecular weight is 253 g/mol. The van der Waals surface area contributed by atoms with Crippen LogP contribution in [0.2, 0.25) is 0 Å². The summed E-state index contributed by atoms with van der Waals surface area (Å²) in [6.07, 6.45) is -3.00. The summed E-state index contributed by atoms with van der Waals surface area (Å²) in [5, 5.41) is 3.66. The molecule has 0 unspecified atom stereocenters. The molecule has 0 saturated heterocycles. The van der Waals surface area contributed by atoms with Crippen LogP contribution >= 0.6 is 0 Å². The fourth-order valence-corrected chi connectivity index (χ4v) is 1.64. The second-order valence-corrected chi connectivity index (χ2v) is 3.70. The number of hydrogen-bond donors (Lipinski definition) is 1. The number of H-pyrrole nitrogens is 1. The molecule has 18 heavy (non-hydrogen) atoms. The van der Waals surface area contributed by atoms with E-state index in [2.05, 4.69) is 19.6 Å². The third kappa shape index (κ3) is 1.73. The summed E-state index contributed by atoms with van der Waals surface area (Å²) < 4.78 is 42.3. The van der Waals surface area contributed by atoms with Gasteiger partial charge in [0.15, 0.2) is 5.82 Å². The smallest absolute Gasteiger partial charge is 0.364 e. The van der Waals surface area contributed by atoms with Crippen LogP contribution in [0.3, 0.4) is 0 Å². The van der Waals surface area contributed by atoms with Gasteiger partial charge in [0, 0.05) is 6.07 Å². The maximum absolute atomic E-state index is 12.5. The van der Waals surface area contributed by atoms with E-state index in [1.54, 1.807) is 6.07 Å². The Labute approximate surface area is 98.4 Å². The summed E-state index contributed by atoms with van der Waals surface area (Å²) in [7, 11) is 0. The molecule has 0 atom stereocenters. The molecule has 0 bridgehead atoms. The summed E-state index contributed by atoms with van der Waals surface area (Å²) in [5.41, 5.74) is 0.480. The molecular formula is C11H6F3N3O. The highest BCUT2D eigenvalue weighted by Crippen LogP contribution is 2.31. The molecule has 0 aliphatic carbocycles. The first-order valence-corrected chi connectivity index (χ1v) is 5.02. The molecule has 0 fully saturated rings. The van der Waals surface area contributed by atoms with Crippen molar-refractivity contribution < 1.29 is 17.7 Å². The highest BCUT2D eigenvalue weighted by molar-refractivity contribution is 5.79. The summed E-state index contributed by atoms with van der Waals surface area (Å²) in [6, 6.07) is 4.91. The molecule has 1 N–H and O–H groups in total. The molecule has 92 valence electrons. The van der Waals surface area contributed by atoms with Crippen LogP contribution in [0.5, 0.6) is 0 Å². The minimum absolute atomic E-state index is 0.308. The van der Waals surface area contributed by atoms with Crippen molar-refractivity contribution >= 4 is 11.0 Å². The summed E-state index contributed by atoms with van der Waals surface area (Å²) in [4.78, 5) is 6.91. The van der Waals surface area contributed by atoms with Gasteiger partial charge in [-0.15, -0.1) is 0 Å². The van der Waals surface area contributed by atoms with Crippen LogP contribution in [-0.4, -0.2) is 15.1 Å². The Bertz CT molecular complexity index is 685. The van der Waals surface area contributed by atoms with Gasteiger partial charge in [0.1, 0.15) is 12.0 Å². The summed E-state index contributed by atoms with van der Waals surface area (Å²) in [5.74, 6) is 0.373. The zero-order valence-corrected chi connectivity index (χ0v) is 8.82. The number of benzene rings is 1. The number of aromatic amines is 1. The molecule has 4 nitrogen and oxygen atoms in total. The lowest BCUT2D eigenvalue weighted by Gasteiger charge is -2.05. The lowest BCUT2D eigenvalue weighted by atomic mass is 10.2. The predicted molar refractivity (Wildman–Crippen MR) is 56.6 cm³/mol. The first kappa shape index (κ1) is 10.8. The topological polar surface area (TPSA) is 54.7 Å². The number of hydrogen-bond acceptors (Lipinski definition) is 3. The molecule has 1 aromatic carbocycles. The Balaban J connectivity index is 2.13. The van der Waals surface area contributed by atoms with Crippen molar-refractivity contribution in [2.75, 3.05) is 0 Å². The second-order valence-electron chi connectivity index (χ2n) is 3.70. The summed E-state index contributed by atoms with van der Waals surface area (Å²) in [6.45, 7) is 0. The molecule has 3 aromatic rings. The largest absolute Gasteiger partial charge is 0.416 e. The van der Waals surface area contributed by atoms with E-state index in [1.165, 1.54) is 12.3 Å². The van der Waals surface area contributed by atoms with E-state index < -0.39 is 11.7 Å². The fraction of sp³-hybridized carbons (Fsp3) is 0.0909. The van der Waals surface area contributed by atoms with Crippen molar-refractivity contribution in [3.63, 3.8) is 0 Å². The molecule has 0 amide bonds. The fourth-order valence-electron chi connectivity index (χ4n) is 1.64. The van der Waals surface area contributed by atoms with Gasteiger partial charge in [0.2, 0.25) is 0 Å². The van der Waals surface area contributed by atoms with Crippen molar-refractivity contribution in [2.24, 2.45) is 0 Å². The van der Waals surface area contributed by atoms with Crippen molar-refractivity contribution in [3.8, 4) is 11.5 Å². The first-order chi connectivity index (χ1) is 8.54. The Kier molecular flexibility index (Phi) is 2.16. The van der Waals surface area contributed by atoms with Crippen molar-refractivity contribution in [2.45, 2.75) is 6.18 Å². The van der Waals surface area contributed by atoms with Gasteiger partial charge in [-0.1, -0.05) is 5.16 Å². The van der Waals surface area contributed by atoms with Crippen molar-refractivity contribution in [3.05, 3.63) is 36.1 Å². The number of alkyl halides is 3. The maximum atomic E-state index is 12.5. The lowest BCUT2D eigenvalue weighted by Crippen LogP contribution is -2.04. The monoisotopic (exact) mass is 253 g/mol. The normalized spacial score (nSPS) is 12.2. The Hall–Kier alpha value is -2.31. The van der Waals surface area contributed by atoms with E-state index in [9.17, 15) is 13.2 Å². The molecule has 2 heterocycles. The third-order valence-corrected chi connectivity index (χ3v) is 2.49. The molecule has 3 rings (SSSR count). The Morgan fingerprint density at radius 2 is 2.00 bits per heavy atom. The second kappa shape index (κ2) is 3.59. The predicted octanol–water partition coefficient (Wildman–Crippen LogP) is 3.24. The van der Waals surface area contributed by atoms with Gasteiger partial charge < -0.3 is 9.51 Å². The maximum Gasteiger partial charge on any atom is 0.416 e. The number of nitrogens with zero attached hydrogens (tertiary/aromatic N) is 2. The standard InChI is InChI=1S/C11H6F3N3O/c12-11(13,14)6-1-2-7-9(5-6)16-10(15-7)8-3-4-18-17-8/h1-5H,(H,15,16). The first-order valence-electron chi connectivity index (χ1n) is 5.02. The van der Waals surface area contributed by atoms with Crippen LogP contribution in [-0.2, 0) is 6.18 Å². The van der Waals surface area contributed by atoms with E-state index in [4.69, 9.17) is 0 Å². The number of rotatable bonds is 1. The van der Waals surface area contributed by atoms with Crippen LogP contribution < -0.4 is 0 Å². The highest BCUT2D eigenvalue weighted by atomic mass is 19.4. The zero-order chi connectivity index (χ0) is 12.8. The Morgan fingerprint density at radius 1 is 1.17 bits per heavy atom. The van der Waals surface area contributed by atoms with Gasteiger partial charge >= 0.3 is 6.18 Å². The molecule has 7 heteroatoms. The van der Waals surface area contributed by atoms with Crippen molar-refractivity contribution in [1.82, 2.24) is 15.1 Å². The molecule has 0 saturated carbocycles. The van der Waals surface area contributed by atoms with Gasteiger partial charge in [-0.25, -0.2) is 4.98 Å². The van der Waals surface area contributed by atoms with Crippen LogP contribution in [0, 0.1) is 0 Å². The third-order valence-electron chi connectivity index (χ3n) is 2.49. The number of imidazole rings is 1. The molecule has 2 aromatic heterocycles. The highest BCUT2D eigenvalue weighted by Gasteiger charge is 2.30. The van der Waals surface area contributed by atoms with E-state index >= 15 is 0 Å². The Morgan fingerprint density at radius 3 is 2.67 bits per heavy atom. The van der Waals surface area contributed by atoms with Gasteiger partial charge in [-0.3, -0.25) is 0 Å². The van der Waals surface area contributed by atoms with Crippen molar-refractivity contribution in [1.29, 1.82) is 0 Å². The number of fused-ring (bicyclic) bond motifs is 1. The van der Waals surface area contributed by atoms with Crippen LogP contribution in [0.4, 0.5) is 13.2 Å². The summed E-state index contributed by atoms with van der Waals surface area (Å²) >= 11 is 0.